The van der Waals surface area contributed by atoms with E-state index in [1.54, 1.807) is 47.0 Å². The number of fused-ring (bicyclic) bond motifs is 1. The lowest BCUT2D eigenvalue weighted by molar-refractivity contribution is -0.139. The third-order valence-corrected chi connectivity index (χ3v) is 8.03. The lowest BCUT2D eigenvalue weighted by Crippen LogP contribution is -2.54. The second kappa shape index (κ2) is 14.4. The van der Waals surface area contributed by atoms with Crippen molar-refractivity contribution in [3.63, 3.8) is 0 Å². The van der Waals surface area contributed by atoms with E-state index < -0.39 is 0 Å². The zero-order valence-corrected chi connectivity index (χ0v) is 26.4. The smallest absolute Gasteiger partial charge is 0.260 e. The maximum Gasteiger partial charge on any atom is 0.260 e. The van der Waals surface area contributed by atoms with Crippen LogP contribution in [0.4, 0.5) is 5.95 Å². The largest absolute Gasteiger partial charge is 0.497 e. The van der Waals surface area contributed by atoms with Gasteiger partial charge in [0.1, 0.15) is 17.1 Å². The molecule has 0 saturated carbocycles. The van der Waals surface area contributed by atoms with Crippen LogP contribution in [-0.4, -0.2) is 110 Å². The van der Waals surface area contributed by atoms with Gasteiger partial charge < -0.3 is 29.2 Å². The van der Waals surface area contributed by atoms with Gasteiger partial charge in [0.25, 0.3) is 5.56 Å². The number of morpholine rings is 1. The first-order valence-electron chi connectivity index (χ1n) is 14.7. The topological polar surface area (TPSA) is 120 Å². The summed E-state index contributed by atoms with van der Waals surface area (Å²) >= 11 is 6.69. The molecule has 2 aliphatic rings. The van der Waals surface area contributed by atoms with Crippen LogP contribution < -0.4 is 20.3 Å². The summed E-state index contributed by atoms with van der Waals surface area (Å²) in [6.45, 7) is 10.0. The number of hydrogen-bond donors (Lipinski definition) is 1. The van der Waals surface area contributed by atoms with Gasteiger partial charge in [-0.3, -0.25) is 19.1 Å². The summed E-state index contributed by atoms with van der Waals surface area (Å²) in [6.07, 6.45) is 3.22. The van der Waals surface area contributed by atoms with Gasteiger partial charge in [0.05, 0.1) is 51.7 Å². The number of aromatic nitrogens is 3. The Morgan fingerprint density at radius 3 is 2.59 bits per heavy atom. The number of nitrogens with one attached hydrogen (secondary N) is 1. The number of hydrogen-bond acceptors (Lipinski definition) is 10. The normalized spacial score (nSPS) is 15.6. The molecule has 0 atom stereocenters. The van der Waals surface area contributed by atoms with Crippen LogP contribution in [0.25, 0.3) is 22.2 Å². The van der Waals surface area contributed by atoms with Crippen molar-refractivity contribution in [1.29, 1.82) is 0 Å². The Kier molecular flexibility index (Phi) is 10.4. The number of anilines is 1. The van der Waals surface area contributed by atoms with Gasteiger partial charge in [-0.2, -0.15) is 4.98 Å². The molecule has 2 fully saturated rings. The van der Waals surface area contributed by atoms with Crippen LogP contribution in [0.15, 0.2) is 40.8 Å². The predicted molar refractivity (Wildman–Crippen MR) is 169 cm³/mol. The Balaban J connectivity index is 1.40. The Morgan fingerprint density at radius 2 is 1.89 bits per heavy atom. The number of likely N-dealkylation sites (tertiary alicyclic amines) is 1. The average Bonchev–Trinajstić information content (AvgIpc) is 2.99. The lowest BCUT2D eigenvalue weighted by Gasteiger charge is -2.38. The molecule has 5 rings (SSSR count). The van der Waals surface area contributed by atoms with E-state index in [1.165, 1.54) is 7.11 Å². The van der Waals surface area contributed by atoms with Crippen LogP contribution >= 0.6 is 11.6 Å². The van der Waals surface area contributed by atoms with Crippen LogP contribution in [0.3, 0.4) is 0 Å². The fourth-order valence-electron chi connectivity index (χ4n) is 5.20. The van der Waals surface area contributed by atoms with Gasteiger partial charge >= 0.3 is 0 Å². The Morgan fingerprint density at radius 1 is 1.11 bits per heavy atom. The molecule has 44 heavy (non-hydrogen) atoms. The molecule has 1 amide bonds. The third-order valence-electron chi connectivity index (χ3n) is 7.64. The van der Waals surface area contributed by atoms with Gasteiger partial charge in [0.2, 0.25) is 11.9 Å². The van der Waals surface area contributed by atoms with Gasteiger partial charge in [-0.1, -0.05) is 17.2 Å². The Bertz CT molecular complexity index is 1580. The van der Waals surface area contributed by atoms with Crippen LogP contribution in [0, 0.1) is 0 Å². The number of rotatable bonds is 12. The highest BCUT2D eigenvalue weighted by Gasteiger charge is 2.30. The fraction of sp³-hybridized carbons (Fsp3) is 0.484. The van der Waals surface area contributed by atoms with Crippen molar-refractivity contribution >= 4 is 34.5 Å². The van der Waals surface area contributed by atoms with E-state index in [9.17, 15) is 9.59 Å². The highest BCUT2D eigenvalue weighted by Crippen LogP contribution is 2.38. The highest BCUT2D eigenvalue weighted by atomic mass is 35.5. The summed E-state index contributed by atoms with van der Waals surface area (Å²) < 4.78 is 24.0. The number of carbonyl (C=O) groups excluding carboxylic acids is 1. The van der Waals surface area contributed by atoms with E-state index in [-0.39, 0.29) is 30.7 Å². The van der Waals surface area contributed by atoms with Gasteiger partial charge in [-0.15, -0.1) is 0 Å². The fourth-order valence-corrected chi connectivity index (χ4v) is 5.49. The van der Waals surface area contributed by atoms with Crippen molar-refractivity contribution in [3.05, 3.63) is 51.4 Å². The Labute approximate surface area is 261 Å². The zero-order valence-electron chi connectivity index (χ0n) is 25.6. The molecule has 0 bridgehead atoms. The first-order valence-corrected chi connectivity index (χ1v) is 15.1. The van der Waals surface area contributed by atoms with Gasteiger partial charge in [0, 0.05) is 74.1 Å². The van der Waals surface area contributed by atoms with Crippen molar-refractivity contribution in [2.45, 2.75) is 26.5 Å². The van der Waals surface area contributed by atoms with Crippen molar-refractivity contribution in [1.82, 2.24) is 24.3 Å². The summed E-state index contributed by atoms with van der Waals surface area (Å²) in [5.41, 5.74) is 1.98. The second-order valence-electron chi connectivity index (χ2n) is 11.0. The molecular formula is C31H39ClN6O6. The van der Waals surface area contributed by atoms with E-state index in [2.05, 4.69) is 15.2 Å². The van der Waals surface area contributed by atoms with E-state index >= 15 is 0 Å². The van der Waals surface area contributed by atoms with Crippen molar-refractivity contribution in [2.75, 3.05) is 78.6 Å². The third kappa shape index (κ3) is 7.32. The van der Waals surface area contributed by atoms with Crippen LogP contribution in [0.2, 0.25) is 5.02 Å². The molecule has 2 aliphatic heterocycles. The number of amides is 1. The molecule has 0 aliphatic carbocycles. The number of methoxy groups -OCH3 is 2. The highest BCUT2D eigenvalue weighted by molar-refractivity contribution is 6.35. The molecule has 4 heterocycles. The molecule has 0 spiro atoms. The molecule has 1 aromatic carbocycles. The molecule has 1 N–H and O–H groups in total. The molecular weight excluding hydrogens is 588 g/mol. The molecule has 0 radical (unpaired) electrons. The first kappa shape index (κ1) is 31.7. The maximum absolute atomic E-state index is 14.1. The Hall–Kier alpha value is -3.71. The summed E-state index contributed by atoms with van der Waals surface area (Å²) in [4.78, 5) is 39.6. The van der Waals surface area contributed by atoms with E-state index in [0.29, 0.717) is 64.3 Å². The quantitative estimate of drug-likeness (QED) is 0.300. The van der Waals surface area contributed by atoms with Crippen molar-refractivity contribution in [2.24, 2.45) is 0 Å². The first-order chi connectivity index (χ1) is 21.3. The number of nitrogens with zero attached hydrogens (tertiary/aromatic N) is 5. The number of ether oxygens (including phenoxy) is 4. The summed E-state index contributed by atoms with van der Waals surface area (Å²) in [7, 11) is 3.05. The molecule has 12 nitrogen and oxygen atoms in total. The number of pyridine rings is 1. The standard InChI is InChI=1S/C31H39ClN6O6/c1-20(2)13-27(39)37-18-23(19-37)44-12-9-38-29-21(17-34-31(35-29)33-5-6-36-7-10-43-11-8-36)14-25(30(38)40)24-15-22(41-3)16-26(42-4)28(24)32/h13-17,23H,5-12,18-19H2,1-4H3,(H,33,34,35). The monoisotopic (exact) mass is 626 g/mol. The van der Waals surface area contributed by atoms with Gasteiger partial charge in [-0.05, 0) is 26.0 Å². The number of halogens is 1. The summed E-state index contributed by atoms with van der Waals surface area (Å²) in [5.74, 6) is 1.31. The molecule has 2 saturated heterocycles. The number of carbonyl (C=O) groups is 1. The molecule has 3 aromatic rings. The van der Waals surface area contributed by atoms with Crippen LogP contribution in [0.5, 0.6) is 11.5 Å². The van der Waals surface area contributed by atoms with E-state index in [4.69, 9.17) is 35.5 Å². The minimum Gasteiger partial charge on any atom is -0.497 e. The van der Waals surface area contributed by atoms with Crippen molar-refractivity contribution < 1.29 is 23.7 Å². The van der Waals surface area contributed by atoms with E-state index in [1.807, 2.05) is 13.8 Å². The van der Waals surface area contributed by atoms with Gasteiger partial charge in [0.15, 0.2) is 0 Å². The second-order valence-corrected chi connectivity index (χ2v) is 11.4. The molecule has 13 heteroatoms. The van der Waals surface area contributed by atoms with Crippen LogP contribution in [0.1, 0.15) is 13.8 Å². The number of benzene rings is 1. The summed E-state index contributed by atoms with van der Waals surface area (Å²) in [6, 6.07) is 5.12. The molecule has 0 unspecified atom stereocenters. The summed E-state index contributed by atoms with van der Waals surface area (Å²) in [5, 5.41) is 4.25. The predicted octanol–water partition coefficient (Wildman–Crippen LogP) is 3.07. The maximum atomic E-state index is 14.1. The number of allylic oxidation sites excluding steroid dienone is 1. The van der Waals surface area contributed by atoms with Crippen LogP contribution in [-0.2, 0) is 20.8 Å². The van der Waals surface area contributed by atoms with Gasteiger partial charge in [-0.25, -0.2) is 4.98 Å². The molecule has 2 aromatic heterocycles. The van der Waals surface area contributed by atoms with E-state index in [0.717, 1.165) is 38.4 Å². The average molecular weight is 627 g/mol. The lowest BCUT2D eigenvalue weighted by atomic mass is 10.0. The SMILES string of the molecule is COc1cc(OC)c(Cl)c(-c2cc3cnc(NCCN4CCOCC4)nc3n(CCOC3CN(C(=O)C=C(C)C)C3)c2=O)c1. The molecule has 236 valence electrons. The minimum absolute atomic E-state index is 0.0179. The zero-order chi connectivity index (χ0) is 31.2. The van der Waals surface area contributed by atoms with Crippen molar-refractivity contribution in [3.8, 4) is 22.6 Å². The minimum atomic E-state index is -0.287.